The molecule has 1 unspecified atom stereocenters. The van der Waals surface area contributed by atoms with Crippen LogP contribution in [0.15, 0.2) is 48.2 Å². The van der Waals surface area contributed by atoms with Crippen molar-refractivity contribution in [3.8, 4) is 0 Å². The highest BCUT2D eigenvalue weighted by Crippen LogP contribution is 2.36. The number of Topliss-reactive ketones (excluding diaryl/α,β-unsaturated/α-hetero) is 1. The van der Waals surface area contributed by atoms with Gasteiger partial charge < -0.3 is 4.74 Å². The number of amides is 1. The third kappa shape index (κ3) is 3.13. The van der Waals surface area contributed by atoms with Crippen molar-refractivity contribution in [1.82, 2.24) is 4.90 Å². The van der Waals surface area contributed by atoms with Gasteiger partial charge >= 0.3 is 0 Å². The Labute approximate surface area is 149 Å². The van der Waals surface area contributed by atoms with Gasteiger partial charge in [0.25, 0.3) is 5.91 Å². The number of benzene rings is 1. The fourth-order valence-corrected chi connectivity index (χ4v) is 3.71. The van der Waals surface area contributed by atoms with Crippen LogP contribution >= 0.6 is 0 Å². The van der Waals surface area contributed by atoms with Crippen molar-refractivity contribution in [2.75, 3.05) is 6.73 Å². The predicted octanol–water partition coefficient (Wildman–Crippen LogP) is 3.94. The zero-order valence-electron chi connectivity index (χ0n) is 15.2. The second-order valence-electron chi connectivity index (χ2n) is 7.42. The highest BCUT2D eigenvalue weighted by Gasteiger charge is 2.45. The fourth-order valence-electron chi connectivity index (χ4n) is 3.71. The molecule has 1 aliphatic heterocycles. The van der Waals surface area contributed by atoms with Gasteiger partial charge in [0.2, 0.25) is 0 Å². The topological polar surface area (TPSA) is 46.6 Å². The third-order valence-corrected chi connectivity index (χ3v) is 5.31. The highest BCUT2D eigenvalue weighted by molar-refractivity contribution is 6.21. The molecular formula is C21H25NO3. The molecule has 0 aromatic heterocycles. The average Bonchev–Trinajstić information content (AvgIpc) is 3.01. The smallest absolute Gasteiger partial charge is 0.261 e. The van der Waals surface area contributed by atoms with Crippen molar-refractivity contribution in [1.29, 1.82) is 0 Å². The van der Waals surface area contributed by atoms with Gasteiger partial charge in [0.05, 0.1) is 11.1 Å². The second-order valence-corrected chi connectivity index (χ2v) is 7.42. The Hall–Kier alpha value is -2.36. The zero-order valence-corrected chi connectivity index (χ0v) is 15.2. The minimum atomic E-state index is -0.910. The first kappa shape index (κ1) is 17.5. The van der Waals surface area contributed by atoms with E-state index in [-0.39, 0.29) is 24.3 Å². The van der Waals surface area contributed by atoms with E-state index in [4.69, 9.17) is 4.74 Å². The Balaban J connectivity index is 1.89. The SMILES string of the molecule is C=C1CCC(C(=O)C(C)(C)N2COC(C)=C(c3ccccc3)C2=O)C1. The molecular weight excluding hydrogens is 314 g/mol. The van der Waals surface area contributed by atoms with Crippen LogP contribution < -0.4 is 0 Å². The van der Waals surface area contributed by atoms with Crippen LogP contribution in [0.3, 0.4) is 0 Å². The van der Waals surface area contributed by atoms with Gasteiger partial charge in [-0.1, -0.05) is 42.5 Å². The minimum absolute atomic E-state index is 0.0533. The molecule has 25 heavy (non-hydrogen) atoms. The van der Waals surface area contributed by atoms with Crippen LogP contribution in [-0.2, 0) is 14.3 Å². The Morgan fingerprint density at radius 1 is 1.28 bits per heavy atom. The summed E-state index contributed by atoms with van der Waals surface area (Å²) in [6.07, 6.45) is 2.45. The zero-order chi connectivity index (χ0) is 18.2. The molecule has 0 radical (unpaired) electrons. The van der Waals surface area contributed by atoms with Crippen LogP contribution in [0.4, 0.5) is 0 Å². The number of allylic oxidation sites excluding steroid dienone is 2. The van der Waals surface area contributed by atoms with Crippen molar-refractivity contribution in [2.24, 2.45) is 5.92 Å². The quantitative estimate of drug-likeness (QED) is 0.781. The lowest BCUT2D eigenvalue weighted by molar-refractivity contribution is -0.150. The normalized spacial score (nSPS) is 21.6. The lowest BCUT2D eigenvalue weighted by Crippen LogP contribution is -2.56. The number of nitrogens with zero attached hydrogens (tertiary/aromatic N) is 1. The third-order valence-electron chi connectivity index (χ3n) is 5.31. The van der Waals surface area contributed by atoms with Gasteiger partial charge in [-0.2, -0.15) is 0 Å². The molecule has 1 amide bonds. The van der Waals surface area contributed by atoms with E-state index >= 15 is 0 Å². The number of hydrogen-bond acceptors (Lipinski definition) is 3. The number of ether oxygens (including phenoxy) is 1. The van der Waals surface area contributed by atoms with Crippen LogP contribution in [0, 0.1) is 5.92 Å². The van der Waals surface area contributed by atoms with Gasteiger partial charge in [0.15, 0.2) is 12.5 Å². The maximum atomic E-state index is 13.2. The van der Waals surface area contributed by atoms with Crippen LogP contribution in [0.2, 0.25) is 0 Å². The monoisotopic (exact) mass is 339 g/mol. The Bertz CT molecular complexity index is 746. The summed E-state index contributed by atoms with van der Waals surface area (Å²) >= 11 is 0. The Morgan fingerprint density at radius 3 is 2.56 bits per heavy atom. The number of rotatable bonds is 4. The second kappa shape index (κ2) is 6.51. The standard InChI is InChI=1S/C21H25NO3/c1-14-10-11-17(12-14)19(23)21(3,4)22-13-25-15(2)18(20(22)24)16-8-6-5-7-9-16/h5-9,17H,1,10-13H2,2-4H3. The number of ketones is 1. The molecule has 4 heteroatoms. The molecule has 132 valence electrons. The largest absolute Gasteiger partial charge is 0.477 e. The van der Waals surface area contributed by atoms with Crippen molar-refractivity contribution in [3.63, 3.8) is 0 Å². The van der Waals surface area contributed by atoms with Gasteiger partial charge in [0, 0.05) is 5.92 Å². The van der Waals surface area contributed by atoms with Crippen LogP contribution in [0.5, 0.6) is 0 Å². The molecule has 1 atom stereocenters. The summed E-state index contributed by atoms with van der Waals surface area (Å²) in [7, 11) is 0. The summed E-state index contributed by atoms with van der Waals surface area (Å²) < 4.78 is 5.76. The first-order valence-corrected chi connectivity index (χ1v) is 8.74. The summed E-state index contributed by atoms with van der Waals surface area (Å²) in [6.45, 7) is 9.54. The lowest BCUT2D eigenvalue weighted by atomic mass is 9.85. The van der Waals surface area contributed by atoms with Gasteiger partial charge in [-0.3, -0.25) is 14.5 Å². The molecule has 1 heterocycles. The van der Waals surface area contributed by atoms with Gasteiger partial charge in [-0.25, -0.2) is 0 Å². The molecule has 0 saturated heterocycles. The summed E-state index contributed by atoms with van der Waals surface area (Å²) in [5.41, 5.74) is 1.56. The number of hydrogen-bond donors (Lipinski definition) is 0. The van der Waals surface area contributed by atoms with Crippen LogP contribution in [0.25, 0.3) is 5.57 Å². The molecule has 1 aliphatic carbocycles. The van der Waals surface area contributed by atoms with E-state index in [9.17, 15) is 9.59 Å². The molecule has 1 aromatic rings. The highest BCUT2D eigenvalue weighted by atomic mass is 16.5. The number of carbonyl (C=O) groups is 2. The summed E-state index contributed by atoms with van der Waals surface area (Å²) in [5, 5.41) is 0. The van der Waals surface area contributed by atoms with E-state index in [1.54, 1.807) is 11.8 Å². The molecule has 1 aromatic carbocycles. The van der Waals surface area contributed by atoms with E-state index < -0.39 is 5.54 Å². The minimum Gasteiger partial charge on any atom is -0.477 e. The Morgan fingerprint density at radius 2 is 1.96 bits per heavy atom. The summed E-state index contributed by atoms with van der Waals surface area (Å²) in [5.74, 6) is 0.493. The van der Waals surface area contributed by atoms with Crippen LogP contribution in [-0.4, -0.2) is 28.9 Å². The van der Waals surface area contributed by atoms with Gasteiger partial charge in [-0.05, 0) is 45.6 Å². The molecule has 4 nitrogen and oxygen atoms in total. The maximum absolute atomic E-state index is 13.2. The Kier molecular flexibility index (Phi) is 4.55. The summed E-state index contributed by atoms with van der Waals surface area (Å²) in [6, 6.07) is 9.47. The fraction of sp³-hybridized carbons (Fsp3) is 0.429. The molecule has 3 rings (SSSR count). The number of carbonyl (C=O) groups excluding carboxylic acids is 2. The first-order valence-electron chi connectivity index (χ1n) is 8.74. The van der Waals surface area contributed by atoms with E-state index in [1.807, 2.05) is 44.2 Å². The molecule has 0 spiro atoms. The average molecular weight is 339 g/mol. The van der Waals surface area contributed by atoms with Crippen molar-refractivity contribution in [2.45, 2.75) is 45.6 Å². The van der Waals surface area contributed by atoms with Crippen molar-refractivity contribution < 1.29 is 14.3 Å². The van der Waals surface area contributed by atoms with E-state index in [0.717, 1.165) is 30.4 Å². The molecule has 1 saturated carbocycles. The van der Waals surface area contributed by atoms with Gasteiger partial charge in [-0.15, -0.1) is 0 Å². The summed E-state index contributed by atoms with van der Waals surface area (Å²) in [4.78, 5) is 27.8. The van der Waals surface area contributed by atoms with Crippen molar-refractivity contribution >= 4 is 17.3 Å². The van der Waals surface area contributed by atoms with Gasteiger partial charge in [0.1, 0.15) is 5.76 Å². The van der Waals surface area contributed by atoms with Crippen LogP contribution in [0.1, 0.15) is 45.6 Å². The molecule has 0 N–H and O–H groups in total. The molecule has 2 aliphatic rings. The molecule has 0 bridgehead atoms. The predicted molar refractivity (Wildman–Crippen MR) is 97.4 cm³/mol. The van der Waals surface area contributed by atoms with Crippen molar-refractivity contribution in [3.05, 3.63) is 53.8 Å². The van der Waals surface area contributed by atoms with E-state index in [2.05, 4.69) is 6.58 Å². The van der Waals surface area contributed by atoms with E-state index in [1.165, 1.54) is 0 Å². The lowest BCUT2D eigenvalue weighted by Gasteiger charge is -2.41. The first-order chi connectivity index (χ1) is 11.8. The van der Waals surface area contributed by atoms with E-state index in [0.29, 0.717) is 11.3 Å². The molecule has 1 fully saturated rings. The maximum Gasteiger partial charge on any atom is 0.261 e.